The van der Waals surface area contributed by atoms with Crippen LogP contribution in [0.2, 0.25) is 0 Å². The van der Waals surface area contributed by atoms with Crippen molar-refractivity contribution in [1.82, 2.24) is 9.13 Å². The van der Waals surface area contributed by atoms with Crippen LogP contribution in [0.3, 0.4) is 0 Å². The Bertz CT molecular complexity index is 1600. The molecule has 0 saturated heterocycles. The molecule has 0 aliphatic heterocycles. The Morgan fingerprint density at radius 1 is 0.656 bits per heavy atom. The molecular weight excluding hydrogens is 392 g/mol. The highest BCUT2D eigenvalue weighted by molar-refractivity contribution is 6.31. The minimum Gasteiger partial charge on any atom is -0.333 e. The third kappa shape index (κ3) is 2.34. The molecule has 0 N–H and O–H groups in total. The van der Waals surface area contributed by atoms with E-state index in [1.54, 1.807) is 0 Å². The first-order valence-corrected chi connectivity index (χ1v) is 11.7. The number of fused-ring (bicyclic) bond motifs is 10. The molecular formula is C29H30N2O. The van der Waals surface area contributed by atoms with E-state index in [9.17, 15) is 4.79 Å². The summed E-state index contributed by atoms with van der Waals surface area (Å²) >= 11 is 0. The lowest BCUT2D eigenvalue weighted by atomic mass is 9.96. The Morgan fingerprint density at radius 2 is 1.12 bits per heavy atom. The van der Waals surface area contributed by atoms with Gasteiger partial charge in [0.15, 0.2) is 5.78 Å². The Hall–Kier alpha value is -3.07. The Kier molecular flexibility index (Phi) is 3.70. The van der Waals surface area contributed by atoms with E-state index in [0.29, 0.717) is 6.42 Å². The molecule has 2 heterocycles. The summed E-state index contributed by atoms with van der Waals surface area (Å²) in [5, 5.41) is 4.87. The first-order chi connectivity index (χ1) is 15.1. The lowest BCUT2D eigenvalue weighted by molar-refractivity contribution is 0.0996. The molecule has 0 spiro atoms. The predicted octanol–water partition coefficient (Wildman–Crippen LogP) is 7.54. The fourth-order valence-corrected chi connectivity index (χ4v) is 6.08. The normalized spacial score (nSPS) is 15.0. The number of aromatic nitrogens is 2. The fourth-order valence-electron chi connectivity index (χ4n) is 6.08. The van der Waals surface area contributed by atoms with Crippen LogP contribution in [0.5, 0.6) is 0 Å². The predicted molar refractivity (Wildman–Crippen MR) is 135 cm³/mol. The van der Waals surface area contributed by atoms with Gasteiger partial charge in [-0.3, -0.25) is 4.79 Å². The number of carbonyl (C=O) groups excluding carboxylic acids is 1. The molecule has 32 heavy (non-hydrogen) atoms. The fraction of sp³-hybridized carbons (Fsp3) is 0.345. The monoisotopic (exact) mass is 422 g/mol. The van der Waals surface area contributed by atoms with Gasteiger partial charge in [0.1, 0.15) is 0 Å². The summed E-state index contributed by atoms with van der Waals surface area (Å²) < 4.78 is 5.00. The van der Waals surface area contributed by atoms with Crippen LogP contribution in [0, 0.1) is 0 Å². The Labute approximate surface area is 188 Å². The zero-order valence-corrected chi connectivity index (χ0v) is 19.8. The van der Waals surface area contributed by atoms with Gasteiger partial charge >= 0.3 is 0 Å². The van der Waals surface area contributed by atoms with Gasteiger partial charge in [-0.25, -0.2) is 0 Å². The quantitative estimate of drug-likeness (QED) is 0.253. The number of rotatable bonds is 0. The van der Waals surface area contributed by atoms with Gasteiger partial charge in [-0.15, -0.1) is 0 Å². The summed E-state index contributed by atoms with van der Waals surface area (Å²) in [5.74, 6) is 0.288. The maximum absolute atomic E-state index is 13.3. The largest absolute Gasteiger partial charge is 0.333 e. The van der Waals surface area contributed by atoms with Crippen LogP contribution in [-0.2, 0) is 17.5 Å². The topological polar surface area (TPSA) is 26.9 Å². The van der Waals surface area contributed by atoms with Gasteiger partial charge in [0.05, 0.1) is 11.0 Å². The molecule has 2 aromatic heterocycles. The van der Waals surface area contributed by atoms with E-state index in [1.807, 2.05) is 0 Å². The number of ketones is 1. The van der Waals surface area contributed by atoms with Gasteiger partial charge in [-0.05, 0) is 65.7 Å². The summed E-state index contributed by atoms with van der Waals surface area (Å²) in [6, 6.07) is 17.3. The Balaban J connectivity index is 2.08. The smallest absolute Gasteiger partial charge is 0.164 e. The van der Waals surface area contributed by atoms with Crippen LogP contribution in [-0.4, -0.2) is 14.9 Å². The molecule has 0 fully saturated rings. The van der Waals surface area contributed by atoms with Gasteiger partial charge in [-0.2, -0.15) is 0 Å². The van der Waals surface area contributed by atoms with Crippen molar-refractivity contribution in [2.45, 2.75) is 65.5 Å². The molecule has 3 aromatic carbocycles. The van der Waals surface area contributed by atoms with Crippen LogP contribution in [0.4, 0.5) is 0 Å². The number of aryl methyl sites for hydroxylation is 1. The SMILES string of the molecule is CC(C)(C)n1c2ccccc2c2c3c(c4c5ccccc5n(C(C)(C)C)c4c21)C(=O)CC3. The molecule has 1 aliphatic rings. The van der Waals surface area contributed by atoms with Crippen LogP contribution in [0.15, 0.2) is 48.5 Å². The zero-order chi connectivity index (χ0) is 22.6. The summed E-state index contributed by atoms with van der Waals surface area (Å²) in [6.45, 7) is 13.7. The van der Waals surface area contributed by atoms with Crippen LogP contribution >= 0.6 is 0 Å². The van der Waals surface area contributed by atoms with E-state index in [-0.39, 0.29) is 16.9 Å². The van der Waals surface area contributed by atoms with Crippen molar-refractivity contribution in [3.05, 3.63) is 59.7 Å². The number of hydrogen-bond donors (Lipinski definition) is 0. The number of Topliss-reactive ketones (excluding diaryl/α,β-unsaturated/α-hetero) is 1. The highest BCUT2D eigenvalue weighted by Gasteiger charge is 2.35. The maximum Gasteiger partial charge on any atom is 0.164 e. The summed E-state index contributed by atoms with van der Waals surface area (Å²) in [4.78, 5) is 13.3. The second-order valence-electron chi connectivity index (χ2n) is 11.3. The van der Waals surface area contributed by atoms with Crippen LogP contribution in [0.25, 0.3) is 43.6 Å². The van der Waals surface area contributed by atoms with Crippen molar-refractivity contribution in [2.24, 2.45) is 0 Å². The molecule has 162 valence electrons. The summed E-state index contributed by atoms with van der Waals surface area (Å²) in [5.41, 5.74) is 6.89. The van der Waals surface area contributed by atoms with Gasteiger partial charge in [0.2, 0.25) is 0 Å². The number of carbonyl (C=O) groups is 1. The van der Waals surface area contributed by atoms with Gasteiger partial charge < -0.3 is 9.13 Å². The molecule has 0 unspecified atom stereocenters. The van der Waals surface area contributed by atoms with Crippen molar-refractivity contribution in [3.8, 4) is 0 Å². The van der Waals surface area contributed by atoms with Crippen molar-refractivity contribution >= 4 is 49.4 Å². The maximum atomic E-state index is 13.3. The lowest BCUT2D eigenvalue weighted by Crippen LogP contribution is -2.24. The van der Waals surface area contributed by atoms with Gasteiger partial charge in [0, 0.05) is 55.6 Å². The zero-order valence-electron chi connectivity index (χ0n) is 19.8. The first-order valence-electron chi connectivity index (χ1n) is 11.7. The second kappa shape index (κ2) is 6.04. The molecule has 1 aliphatic carbocycles. The number of hydrogen-bond acceptors (Lipinski definition) is 1. The molecule has 0 radical (unpaired) electrons. The number of benzene rings is 3. The molecule has 3 heteroatoms. The molecule has 0 amide bonds. The van der Waals surface area contributed by atoms with Crippen molar-refractivity contribution in [1.29, 1.82) is 0 Å². The standard InChI is InChI=1S/C29H30N2O/c1-28(2,3)30-20-13-9-7-11-17(20)23-19-15-16-22(32)24(19)25-18-12-8-10-14-21(18)31(29(4,5)6)27(25)26(23)30/h7-14H,15-16H2,1-6H3. The van der Waals surface area contributed by atoms with Crippen LogP contribution in [0.1, 0.15) is 63.9 Å². The summed E-state index contributed by atoms with van der Waals surface area (Å²) in [7, 11) is 0. The van der Waals surface area contributed by atoms with Crippen molar-refractivity contribution in [2.75, 3.05) is 0 Å². The van der Waals surface area contributed by atoms with Gasteiger partial charge in [-0.1, -0.05) is 36.4 Å². The minimum atomic E-state index is -0.136. The highest BCUT2D eigenvalue weighted by atomic mass is 16.1. The minimum absolute atomic E-state index is 0.107. The third-order valence-electron chi connectivity index (χ3n) is 7.05. The molecule has 0 saturated carbocycles. The first kappa shape index (κ1) is 19.6. The summed E-state index contributed by atoms with van der Waals surface area (Å²) in [6.07, 6.45) is 1.43. The van der Waals surface area contributed by atoms with E-state index in [1.165, 1.54) is 43.8 Å². The number of nitrogens with zero attached hydrogens (tertiary/aromatic N) is 2. The number of para-hydroxylation sites is 2. The molecule has 3 nitrogen and oxygen atoms in total. The van der Waals surface area contributed by atoms with E-state index in [4.69, 9.17) is 0 Å². The van der Waals surface area contributed by atoms with E-state index < -0.39 is 0 Å². The molecule has 5 aromatic rings. The average Bonchev–Trinajstić information content (AvgIpc) is 3.36. The Morgan fingerprint density at radius 3 is 1.66 bits per heavy atom. The highest BCUT2D eigenvalue weighted by Crippen LogP contribution is 2.48. The van der Waals surface area contributed by atoms with Crippen LogP contribution < -0.4 is 0 Å². The third-order valence-corrected chi connectivity index (χ3v) is 7.05. The van der Waals surface area contributed by atoms with Crippen molar-refractivity contribution in [3.63, 3.8) is 0 Å². The molecule has 6 rings (SSSR count). The lowest BCUT2D eigenvalue weighted by Gasteiger charge is -2.28. The van der Waals surface area contributed by atoms with Crippen molar-refractivity contribution < 1.29 is 4.79 Å². The molecule has 0 bridgehead atoms. The van der Waals surface area contributed by atoms with E-state index >= 15 is 0 Å². The average molecular weight is 423 g/mol. The van der Waals surface area contributed by atoms with E-state index in [2.05, 4.69) is 99.2 Å². The molecule has 0 atom stereocenters. The van der Waals surface area contributed by atoms with E-state index in [0.717, 1.165) is 17.4 Å². The second-order valence-corrected chi connectivity index (χ2v) is 11.3. The van der Waals surface area contributed by atoms with Gasteiger partial charge in [0.25, 0.3) is 0 Å².